The van der Waals surface area contributed by atoms with E-state index in [1.165, 1.54) is 4.90 Å². The van der Waals surface area contributed by atoms with E-state index in [2.05, 4.69) is 15.2 Å². The molecule has 0 saturated carbocycles. The highest BCUT2D eigenvalue weighted by atomic mass is 16.3. The van der Waals surface area contributed by atoms with Crippen molar-refractivity contribution in [1.82, 2.24) is 20.1 Å². The number of aromatic hydroxyl groups is 1. The number of aryl methyl sites for hydroxylation is 1. The zero-order valence-electron chi connectivity index (χ0n) is 10.9. The van der Waals surface area contributed by atoms with Crippen molar-refractivity contribution in [3.63, 3.8) is 0 Å². The highest BCUT2D eigenvalue weighted by Gasteiger charge is 2.17. The van der Waals surface area contributed by atoms with Gasteiger partial charge in [0.05, 0.1) is 0 Å². The summed E-state index contributed by atoms with van der Waals surface area (Å²) in [6.07, 6.45) is 0.698. The van der Waals surface area contributed by atoms with Gasteiger partial charge in [-0.3, -0.25) is 9.89 Å². The number of phenols is 1. The molecule has 0 aliphatic carbocycles. The predicted molar refractivity (Wildman–Crippen MR) is 69.7 cm³/mol. The second-order valence-corrected chi connectivity index (χ2v) is 4.25. The fraction of sp³-hybridized carbons (Fsp3) is 0.308. The first-order valence-corrected chi connectivity index (χ1v) is 6.05. The van der Waals surface area contributed by atoms with E-state index in [0.29, 0.717) is 24.4 Å². The molecule has 1 heterocycles. The molecule has 0 spiro atoms. The highest BCUT2D eigenvalue weighted by Crippen LogP contribution is 2.17. The lowest BCUT2D eigenvalue weighted by atomic mass is 10.2. The van der Waals surface area contributed by atoms with Crippen LogP contribution in [-0.4, -0.2) is 38.1 Å². The number of rotatable bonds is 4. The van der Waals surface area contributed by atoms with Crippen LogP contribution >= 0.6 is 0 Å². The number of carbonyl (C=O) groups excluding carboxylic acids is 1. The molecule has 0 bridgehead atoms. The van der Waals surface area contributed by atoms with Crippen molar-refractivity contribution in [2.24, 2.45) is 0 Å². The summed E-state index contributed by atoms with van der Waals surface area (Å²) in [7, 11) is 1.65. The molecule has 0 aliphatic heterocycles. The minimum atomic E-state index is -0.279. The molecule has 2 aromatic rings. The van der Waals surface area contributed by atoms with Crippen molar-refractivity contribution in [1.29, 1.82) is 0 Å². The number of amides is 1. The van der Waals surface area contributed by atoms with Crippen molar-refractivity contribution in [3.8, 4) is 5.75 Å². The summed E-state index contributed by atoms with van der Waals surface area (Å²) < 4.78 is 0. The molecule has 1 aromatic carbocycles. The molecule has 0 radical (unpaired) electrons. The summed E-state index contributed by atoms with van der Waals surface area (Å²) in [6.45, 7) is 2.24. The molecular formula is C13H16N4O2. The Hall–Kier alpha value is -2.37. The molecule has 0 saturated heterocycles. The van der Waals surface area contributed by atoms with Gasteiger partial charge in [0.2, 0.25) is 5.82 Å². The Morgan fingerprint density at radius 3 is 2.79 bits per heavy atom. The number of para-hydroxylation sites is 1. The summed E-state index contributed by atoms with van der Waals surface area (Å²) in [5.41, 5.74) is 0.685. The van der Waals surface area contributed by atoms with Crippen molar-refractivity contribution in [3.05, 3.63) is 41.5 Å². The average Bonchev–Trinajstić information content (AvgIpc) is 2.89. The van der Waals surface area contributed by atoms with Crippen LogP contribution in [0.2, 0.25) is 0 Å². The molecule has 1 amide bonds. The van der Waals surface area contributed by atoms with E-state index < -0.39 is 0 Å². The van der Waals surface area contributed by atoms with E-state index in [1.54, 1.807) is 25.2 Å². The Labute approximate surface area is 111 Å². The number of aromatic amines is 1. The molecule has 0 unspecified atom stereocenters. The van der Waals surface area contributed by atoms with Gasteiger partial charge in [0.1, 0.15) is 11.6 Å². The number of carbonyl (C=O) groups is 1. The van der Waals surface area contributed by atoms with Crippen LogP contribution in [0.1, 0.15) is 28.9 Å². The van der Waals surface area contributed by atoms with E-state index in [-0.39, 0.29) is 17.5 Å². The molecule has 19 heavy (non-hydrogen) atoms. The first-order valence-electron chi connectivity index (χ1n) is 6.05. The van der Waals surface area contributed by atoms with Gasteiger partial charge in [0.25, 0.3) is 5.91 Å². The van der Waals surface area contributed by atoms with Gasteiger partial charge in [-0.15, -0.1) is 5.10 Å². The number of phenolic OH excluding ortho intramolecular Hbond substituents is 1. The Balaban J connectivity index is 2.09. The number of benzene rings is 1. The highest BCUT2D eigenvalue weighted by molar-refractivity contribution is 5.90. The van der Waals surface area contributed by atoms with Gasteiger partial charge in [-0.2, -0.15) is 0 Å². The minimum Gasteiger partial charge on any atom is -0.508 e. The average molecular weight is 260 g/mol. The topological polar surface area (TPSA) is 82.1 Å². The zero-order chi connectivity index (χ0) is 13.8. The first kappa shape index (κ1) is 13.1. The van der Waals surface area contributed by atoms with Crippen molar-refractivity contribution >= 4 is 5.91 Å². The second-order valence-electron chi connectivity index (χ2n) is 4.25. The van der Waals surface area contributed by atoms with E-state index in [4.69, 9.17) is 0 Å². The molecule has 2 rings (SSSR count). The quantitative estimate of drug-likeness (QED) is 0.869. The Morgan fingerprint density at radius 1 is 1.42 bits per heavy atom. The van der Waals surface area contributed by atoms with Crippen molar-refractivity contribution in [2.75, 3.05) is 7.05 Å². The molecule has 2 N–H and O–H groups in total. The molecule has 6 nitrogen and oxygen atoms in total. The van der Waals surface area contributed by atoms with Gasteiger partial charge in [0, 0.05) is 25.6 Å². The lowest BCUT2D eigenvalue weighted by Gasteiger charge is -2.15. The van der Waals surface area contributed by atoms with Crippen molar-refractivity contribution in [2.45, 2.75) is 19.9 Å². The molecule has 1 aromatic heterocycles. The summed E-state index contributed by atoms with van der Waals surface area (Å²) >= 11 is 0. The van der Waals surface area contributed by atoms with Crippen LogP contribution in [-0.2, 0) is 13.0 Å². The number of H-pyrrole nitrogens is 1. The molecule has 0 fully saturated rings. The molecule has 100 valence electrons. The lowest BCUT2D eigenvalue weighted by molar-refractivity contribution is 0.0772. The Bertz CT molecular complexity index is 580. The van der Waals surface area contributed by atoms with E-state index in [0.717, 1.165) is 0 Å². The SMILES string of the molecule is CCc1nc(C(=O)N(C)Cc2ccccc2O)n[nH]1. The maximum atomic E-state index is 12.1. The van der Waals surface area contributed by atoms with E-state index in [1.807, 2.05) is 13.0 Å². The summed E-state index contributed by atoms with van der Waals surface area (Å²) in [4.78, 5) is 17.7. The fourth-order valence-corrected chi connectivity index (χ4v) is 1.69. The van der Waals surface area contributed by atoms with Crippen LogP contribution in [0.3, 0.4) is 0 Å². The summed E-state index contributed by atoms with van der Waals surface area (Å²) in [5.74, 6) is 0.722. The molecule has 6 heteroatoms. The lowest BCUT2D eigenvalue weighted by Crippen LogP contribution is -2.27. The number of nitrogens with zero attached hydrogens (tertiary/aromatic N) is 3. The van der Waals surface area contributed by atoms with Crippen LogP contribution in [0.25, 0.3) is 0 Å². The second kappa shape index (κ2) is 5.51. The fourth-order valence-electron chi connectivity index (χ4n) is 1.69. The maximum absolute atomic E-state index is 12.1. The molecule has 0 aliphatic rings. The number of hydrogen-bond acceptors (Lipinski definition) is 4. The van der Waals surface area contributed by atoms with Gasteiger partial charge in [-0.25, -0.2) is 4.98 Å². The minimum absolute atomic E-state index is 0.148. The third-order valence-electron chi connectivity index (χ3n) is 2.80. The van der Waals surface area contributed by atoms with Crippen LogP contribution in [0.15, 0.2) is 24.3 Å². The number of aromatic nitrogens is 3. The largest absolute Gasteiger partial charge is 0.508 e. The van der Waals surface area contributed by atoms with Crippen LogP contribution in [0.4, 0.5) is 0 Å². The standard InChI is InChI=1S/C13H16N4O2/c1-3-11-14-12(16-15-11)13(19)17(2)8-9-6-4-5-7-10(9)18/h4-7,18H,3,8H2,1-2H3,(H,14,15,16). The van der Waals surface area contributed by atoms with Crippen molar-refractivity contribution < 1.29 is 9.90 Å². The zero-order valence-corrected chi connectivity index (χ0v) is 10.9. The smallest absolute Gasteiger partial charge is 0.293 e. The van der Waals surface area contributed by atoms with E-state index in [9.17, 15) is 9.90 Å². The Kier molecular flexibility index (Phi) is 3.79. The van der Waals surface area contributed by atoms with Crippen LogP contribution < -0.4 is 0 Å². The van der Waals surface area contributed by atoms with Crippen LogP contribution in [0, 0.1) is 0 Å². The maximum Gasteiger partial charge on any atom is 0.293 e. The Morgan fingerprint density at radius 2 is 2.16 bits per heavy atom. The van der Waals surface area contributed by atoms with Gasteiger partial charge in [-0.05, 0) is 6.07 Å². The van der Waals surface area contributed by atoms with E-state index >= 15 is 0 Å². The summed E-state index contributed by atoms with van der Waals surface area (Å²) in [5, 5.41) is 16.3. The first-order chi connectivity index (χ1) is 9.11. The third kappa shape index (κ3) is 2.90. The third-order valence-corrected chi connectivity index (χ3v) is 2.80. The number of hydrogen-bond donors (Lipinski definition) is 2. The van der Waals surface area contributed by atoms with Crippen LogP contribution in [0.5, 0.6) is 5.75 Å². The number of nitrogens with one attached hydrogen (secondary N) is 1. The van der Waals surface area contributed by atoms with Gasteiger partial charge < -0.3 is 10.0 Å². The normalized spacial score (nSPS) is 10.4. The monoisotopic (exact) mass is 260 g/mol. The summed E-state index contributed by atoms with van der Waals surface area (Å²) in [6, 6.07) is 6.92. The molecule has 0 atom stereocenters. The van der Waals surface area contributed by atoms with Gasteiger partial charge in [-0.1, -0.05) is 25.1 Å². The molecular weight excluding hydrogens is 244 g/mol. The van der Waals surface area contributed by atoms with Gasteiger partial charge >= 0.3 is 0 Å². The predicted octanol–water partition coefficient (Wildman–Crippen LogP) is 1.34. The van der Waals surface area contributed by atoms with Gasteiger partial charge in [0.15, 0.2) is 0 Å².